The maximum absolute atomic E-state index is 15.6. The predicted octanol–water partition coefficient (Wildman–Crippen LogP) is 5.46. The SMILES string of the molecule is CNC(=O)C(CC1(COc2cc3c(N[C@H](C)c4cc(N)cc(C(F)(F)F)c4)nc(C)nc3cc2OC)CC1)N1CCC(CN2CCN(c3cc4c(cc3F)C(=O)N(C3CCC(=O)NC3=O)C4=O)CC2)CC1. The van der Waals surface area contributed by atoms with E-state index in [4.69, 9.17) is 15.2 Å². The molecule has 4 aliphatic heterocycles. The van der Waals surface area contributed by atoms with Gasteiger partial charge < -0.3 is 30.7 Å². The second-order valence-electron chi connectivity index (χ2n) is 19.6. The molecule has 5 amide bonds. The van der Waals surface area contributed by atoms with Crippen molar-refractivity contribution >= 4 is 57.6 Å². The molecule has 3 atom stereocenters. The molecule has 9 rings (SSSR count). The van der Waals surface area contributed by atoms with Crippen LogP contribution in [0.3, 0.4) is 0 Å². The van der Waals surface area contributed by atoms with E-state index in [0.29, 0.717) is 84.7 Å². The van der Waals surface area contributed by atoms with Gasteiger partial charge in [-0.15, -0.1) is 0 Å². The highest BCUT2D eigenvalue weighted by Crippen LogP contribution is 2.51. The summed E-state index contributed by atoms with van der Waals surface area (Å²) in [5, 5.41) is 8.91. The van der Waals surface area contributed by atoms with Gasteiger partial charge in [0.05, 0.1) is 53.7 Å². The molecule has 1 saturated carbocycles. The first-order chi connectivity index (χ1) is 33.8. The Morgan fingerprint density at radius 2 is 1.63 bits per heavy atom. The number of methoxy groups -OCH3 is 1. The number of aromatic nitrogens is 2. The molecule has 3 aromatic carbocycles. The number of nitrogens with zero attached hydrogens (tertiary/aromatic N) is 6. The van der Waals surface area contributed by atoms with E-state index in [1.807, 2.05) is 4.90 Å². The van der Waals surface area contributed by atoms with Crippen molar-refractivity contribution in [3.63, 3.8) is 0 Å². The summed E-state index contributed by atoms with van der Waals surface area (Å²) in [4.78, 5) is 80.9. The van der Waals surface area contributed by atoms with Gasteiger partial charge in [-0.2, -0.15) is 13.2 Å². The number of likely N-dealkylation sites (N-methyl/N-ethyl adjacent to an activating group) is 1. The number of fused-ring (bicyclic) bond motifs is 2. The number of benzene rings is 3. The van der Waals surface area contributed by atoms with Gasteiger partial charge in [-0.3, -0.25) is 44.0 Å². The van der Waals surface area contributed by atoms with Gasteiger partial charge in [0.25, 0.3) is 11.8 Å². The highest BCUT2D eigenvalue weighted by Gasteiger charge is 2.49. The number of ether oxygens (including phenoxy) is 2. The van der Waals surface area contributed by atoms with Crippen LogP contribution in [0, 0.1) is 24.1 Å². The number of alkyl halides is 3. The van der Waals surface area contributed by atoms with Crippen molar-refractivity contribution in [1.29, 1.82) is 0 Å². The van der Waals surface area contributed by atoms with Crippen LogP contribution in [0.2, 0.25) is 0 Å². The zero-order valence-electron chi connectivity index (χ0n) is 40.1. The summed E-state index contributed by atoms with van der Waals surface area (Å²) in [6.07, 6.45) is -0.439. The van der Waals surface area contributed by atoms with E-state index in [1.54, 1.807) is 33.0 Å². The molecule has 3 saturated heterocycles. The summed E-state index contributed by atoms with van der Waals surface area (Å²) >= 11 is 0. The van der Waals surface area contributed by atoms with E-state index < -0.39 is 53.3 Å². The number of amides is 5. The Morgan fingerprint density at radius 3 is 2.28 bits per heavy atom. The molecule has 5 aliphatic rings. The van der Waals surface area contributed by atoms with Gasteiger partial charge in [0, 0.05) is 68.7 Å². The number of aryl methyl sites for hydroxylation is 1. The second kappa shape index (κ2) is 19.5. The number of nitrogen functional groups attached to an aromatic ring is 1. The summed E-state index contributed by atoms with van der Waals surface area (Å²) in [5.74, 6) is -1.17. The molecular formula is C50H58F4N10O7. The van der Waals surface area contributed by atoms with Crippen LogP contribution in [0.1, 0.15) is 95.6 Å². The molecule has 378 valence electrons. The Labute approximate surface area is 407 Å². The van der Waals surface area contributed by atoms with E-state index >= 15 is 4.39 Å². The number of likely N-dealkylation sites (tertiary alicyclic amines) is 1. The number of nitrogens with one attached hydrogen (secondary N) is 3. The van der Waals surface area contributed by atoms with Gasteiger partial charge in [0.15, 0.2) is 11.5 Å². The Morgan fingerprint density at radius 1 is 0.930 bits per heavy atom. The van der Waals surface area contributed by atoms with Crippen LogP contribution >= 0.6 is 0 Å². The fourth-order valence-electron chi connectivity index (χ4n) is 10.5. The molecule has 1 aromatic heterocycles. The third-order valence-electron chi connectivity index (χ3n) is 14.7. The molecule has 4 fully saturated rings. The number of imide groups is 2. The average molecular weight is 987 g/mol. The zero-order valence-corrected chi connectivity index (χ0v) is 40.1. The lowest BCUT2D eigenvalue weighted by atomic mass is 9.91. The lowest BCUT2D eigenvalue weighted by Gasteiger charge is -2.41. The molecular weight excluding hydrogens is 929 g/mol. The van der Waals surface area contributed by atoms with E-state index in [9.17, 15) is 37.1 Å². The third-order valence-corrected chi connectivity index (χ3v) is 14.7. The number of piperazine rings is 1. The van der Waals surface area contributed by atoms with Gasteiger partial charge in [-0.05, 0) is 113 Å². The van der Waals surface area contributed by atoms with Crippen LogP contribution in [-0.2, 0) is 20.6 Å². The topological polar surface area (TPSA) is 205 Å². The molecule has 1 aliphatic carbocycles. The van der Waals surface area contributed by atoms with E-state index in [-0.39, 0.29) is 52.7 Å². The normalized spacial score (nSPS) is 20.7. The number of hydrogen-bond acceptors (Lipinski definition) is 14. The molecule has 21 heteroatoms. The summed E-state index contributed by atoms with van der Waals surface area (Å²) in [6.45, 7) is 8.44. The summed E-state index contributed by atoms with van der Waals surface area (Å²) in [7, 11) is 3.19. The molecule has 0 bridgehead atoms. The number of nitrogens with two attached hydrogens (primary N) is 1. The Hall–Kier alpha value is -6.61. The average Bonchev–Trinajstić information content (AvgIpc) is 4.07. The molecule has 0 radical (unpaired) electrons. The van der Waals surface area contributed by atoms with Gasteiger partial charge in [0.2, 0.25) is 17.7 Å². The molecule has 4 aromatic rings. The third kappa shape index (κ3) is 10.3. The summed E-state index contributed by atoms with van der Waals surface area (Å²) < 4.78 is 68.8. The Kier molecular flexibility index (Phi) is 13.6. The molecule has 0 spiro atoms. The highest BCUT2D eigenvalue weighted by atomic mass is 19.4. The molecule has 5 N–H and O–H groups in total. The molecule has 17 nitrogen and oxygen atoms in total. The van der Waals surface area contributed by atoms with Crippen LogP contribution in [0.4, 0.5) is 34.8 Å². The van der Waals surface area contributed by atoms with Gasteiger partial charge in [-0.25, -0.2) is 14.4 Å². The first kappa shape index (κ1) is 49.4. The first-order valence-corrected chi connectivity index (χ1v) is 24.0. The molecule has 2 unspecified atom stereocenters. The number of carbonyl (C=O) groups is 5. The van der Waals surface area contributed by atoms with Gasteiger partial charge >= 0.3 is 6.18 Å². The Bertz CT molecular complexity index is 2770. The lowest BCUT2D eigenvalue weighted by molar-refractivity contribution is -0.138. The standard InChI is InChI=1S/C50H58F4N10O7/c1-27(30-17-31(50(52,53)54)19-32(55)18-30)57-44-35-22-42(41(70-4)23-37(35)58-28(2)59-44)71-26-49(9-10-49)24-40(45(66)56-3)62-11-7-29(8-12-62)25-61-13-15-63(16-14-61)39-21-34-33(20-36(39)51)47(68)64(48(34)69)38-5-6-43(65)60-46(38)67/h17-23,27,29,38,40H,5-16,24-26,55H2,1-4H3,(H,56,66)(H,57,58,59)(H,60,65,67)/t27-,38?,40?/m1/s1. The molecule has 71 heavy (non-hydrogen) atoms. The maximum atomic E-state index is 15.6. The van der Waals surface area contributed by atoms with Crippen LogP contribution in [0.25, 0.3) is 10.9 Å². The highest BCUT2D eigenvalue weighted by molar-refractivity contribution is 6.23. The monoisotopic (exact) mass is 986 g/mol. The summed E-state index contributed by atoms with van der Waals surface area (Å²) in [5.41, 5.74) is 5.83. The minimum atomic E-state index is -4.56. The lowest BCUT2D eigenvalue weighted by Crippen LogP contribution is -2.54. The number of carbonyl (C=O) groups excluding carboxylic acids is 5. The van der Waals surface area contributed by atoms with Crippen molar-refractivity contribution < 1.29 is 51.0 Å². The Balaban J connectivity index is 0.797. The molecule has 5 heterocycles. The number of rotatable bonds is 15. The van der Waals surface area contributed by atoms with Crippen LogP contribution in [-0.4, -0.2) is 133 Å². The van der Waals surface area contributed by atoms with Crippen molar-refractivity contribution in [2.45, 2.75) is 83.1 Å². The van der Waals surface area contributed by atoms with Crippen molar-refractivity contribution in [2.24, 2.45) is 11.3 Å². The first-order valence-electron chi connectivity index (χ1n) is 24.0. The van der Waals surface area contributed by atoms with E-state index in [1.165, 1.54) is 19.2 Å². The van der Waals surface area contributed by atoms with Crippen LogP contribution in [0.5, 0.6) is 11.5 Å². The summed E-state index contributed by atoms with van der Waals surface area (Å²) in [6, 6.07) is 7.37. The van der Waals surface area contributed by atoms with Crippen molar-refractivity contribution in [1.82, 2.24) is 35.3 Å². The fraction of sp³-hybridized carbons (Fsp3) is 0.500. The fourth-order valence-corrected chi connectivity index (χ4v) is 10.5. The number of piperidine rings is 2. The van der Waals surface area contributed by atoms with Crippen molar-refractivity contribution in [3.05, 3.63) is 76.4 Å². The minimum Gasteiger partial charge on any atom is -0.493 e. The second-order valence-corrected chi connectivity index (χ2v) is 19.6. The van der Waals surface area contributed by atoms with E-state index in [0.717, 1.165) is 68.4 Å². The number of halogens is 4. The number of anilines is 3. The van der Waals surface area contributed by atoms with E-state index in [2.05, 4.69) is 35.7 Å². The maximum Gasteiger partial charge on any atom is 0.416 e. The van der Waals surface area contributed by atoms with Crippen molar-refractivity contribution in [3.8, 4) is 11.5 Å². The van der Waals surface area contributed by atoms with Crippen LogP contribution in [0.15, 0.2) is 42.5 Å². The van der Waals surface area contributed by atoms with Gasteiger partial charge in [-0.1, -0.05) is 0 Å². The predicted molar refractivity (Wildman–Crippen MR) is 254 cm³/mol. The zero-order chi connectivity index (χ0) is 50.5. The van der Waals surface area contributed by atoms with Crippen LogP contribution < -0.4 is 36.1 Å². The quantitative estimate of drug-likeness (QED) is 0.0664. The smallest absolute Gasteiger partial charge is 0.416 e. The van der Waals surface area contributed by atoms with Gasteiger partial charge in [0.1, 0.15) is 23.5 Å². The van der Waals surface area contributed by atoms with Crippen molar-refractivity contribution in [2.75, 3.05) is 82.5 Å². The largest absolute Gasteiger partial charge is 0.493 e. The number of hydrogen-bond donors (Lipinski definition) is 4. The minimum absolute atomic E-state index is 0.00526.